The molecule has 3 heteroatoms. The molecule has 3 aliphatic carbocycles. The Morgan fingerprint density at radius 2 is 1.89 bits per heavy atom. The molecular formula is C15H23NO2. The summed E-state index contributed by atoms with van der Waals surface area (Å²) in [6, 6.07) is 0. The van der Waals surface area contributed by atoms with Gasteiger partial charge in [-0.1, -0.05) is 0 Å². The highest BCUT2D eigenvalue weighted by Gasteiger charge is 2.68. The van der Waals surface area contributed by atoms with Crippen LogP contribution in [-0.4, -0.2) is 35.1 Å². The summed E-state index contributed by atoms with van der Waals surface area (Å²) in [7, 11) is 0. The number of hydrogen-bond acceptors (Lipinski definition) is 2. The molecule has 2 bridgehead atoms. The average Bonchev–Trinajstić information content (AvgIpc) is 2.79. The second-order valence-corrected chi connectivity index (χ2v) is 7.09. The van der Waals surface area contributed by atoms with Crippen LogP contribution in [0.4, 0.5) is 0 Å². The van der Waals surface area contributed by atoms with Crippen LogP contribution in [0.15, 0.2) is 0 Å². The molecule has 1 N–H and O–H groups in total. The van der Waals surface area contributed by atoms with Gasteiger partial charge in [0, 0.05) is 24.9 Å². The lowest BCUT2D eigenvalue weighted by Crippen LogP contribution is -2.33. The average molecular weight is 249 g/mol. The van der Waals surface area contributed by atoms with Gasteiger partial charge in [0.05, 0.1) is 6.10 Å². The van der Waals surface area contributed by atoms with Crippen molar-refractivity contribution in [3.8, 4) is 0 Å². The standard InChI is InChI=1S/C15H23NO2/c1-8(17)11-4-5-16(7-11)15(18)14-12-9-2-3-10(6-9)13(12)14/h8-14,17H,2-7H2,1H3. The molecule has 0 radical (unpaired) electrons. The predicted octanol–water partition coefficient (Wildman–Crippen LogP) is 1.51. The monoisotopic (exact) mass is 249 g/mol. The summed E-state index contributed by atoms with van der Waals surface area (Å²) < 4.78 is 0. The van der Waals surface area contributed by atoms with Crippen LogP contribution >= 0.6 is 0 Å². The van der Waals surface area contributed by atoms with E-state index in [1.54, 1.807) is 0 Å². The molecule has 1 heterocycles. The normalized spacial score (nSPS) is 50.4. The molecule has 0 aromatic rings. The number of carbonyl (C=O) groups is 1. The molecule has 18 heavy (non-hydrogen) atoms. The molecule has 1 saturated heterocycles. The number of carbonyl (C=O) groups excluding carboxylic acids is 1. The maximum atomic E-state index is 12.6. The Labute approximate surface area is 109 Å². The van der Waals surface area contributed by atoms with Gasteiger partial charge in [0.25, 0.3) is 0 Å². The highest BCUT2D eigenvalue weighted by molar-refractivity contribution is 5.83. The zero-order valence-electron chi connectivity index (χ0n) is 11.1. The van der Waals surface area contributed by atoms with E-state index in [1.165, 1.54) is 19.3 Å². The fourth-order valence-electron chi connectivity index (χ4n) is 5.25. The van der Waals surface area contributed by atoms with Gasteiger partial charge in [-0.2, -0.15) is 0 Å². The van der Waals surface area contributed by atoms with Gasteiger partial charge >= 0.3 is 0 Å². The van der Waals surface area contributed by atoms with E-state index < -0.39 is 0 Å². The van der Waals surface area contributed by atoms with Gasteiger partial charge in [-0.3, -0.25) is 4.79 Å². The largest absolute Gasteiger partial charge is 0.393 e. The van der Waals surface area contributed by atoms with Crippen LogP contribution in [0.3, 0.4) is 0 Å². The topological polar surface area (TPSA) is 40.5 Å². The molecular weight excluding hydrogens is 226 g/mol. The number of amides is 1. The SMILES string of the molecule is CC(O)C1CCN(C(=O)C2C3C4CCC(C4)C23)C1. The quantitative estimate of drug-likeness (QED) is 0.806. The molecule has 4 fully saturated rings. The van der Waals surface area contributed by atoms with Crippen molar-refractivity contribution in [1.29, 1.82) is 0 Å². The van der Waals surface area contributed by atoms with Crippen LogP contribution < -0.4 is 0 Å². The fraction of sp³-hybridized carbons (Fsp3) is 0.933. The minimum atomic E-state index is -0.266. The van der Waals surface area contributed by atoms with Crippen LogP contribution in [0.2, 0.25) is 0 Å². The van der Waals surface area contributed by atoms with Gasteiger partial charge in [-0.15, -0.1) is 0 Å². The molecule has 3 saturated carbocycles. The van der Waals surface area contributed by atoms with Crippen LogP contribution in [0, 0.1) is 35.5 Å². The Morgan fingerprint density at radius 3 is 2.44 bits per heavy atom. The van der Waals surface area contributed by atoms with Crippen LogP contribution in [0.1, 0.15) is 32.6 Å². The first kappa shape index (κ1) is 11.3. The van der Waals surface area contributed by atoms with E-state index >= 15 is 0 Å². The predicted molar refractivity (Wildman–Crippen MR) is 67.7 cm³/mol. The summed E-state index contributed by atoms with van der Waals surface area (Å²) in [6.07, 6.45) is 4.89. The second kappa shape index (κ2) is 3.72. The van der Waals surface area contributed by atoms with E-state index in [1.807, 2.05) is 11.8 Å². The van der Waals surface area contributed by atoms with E-state index in [9.17, 15) is 9.90 Å². The number of nitrogens with zero attached hydrogens (tertiary/aromatic N) is 1. The van der Waals surface area contributed by atoms with Crippen LogP contribution in [0.25, 0.3) is 0 Å². The van der Waals surface area contributed by atoms with Gasteiger partial charge in [0.2, 0.25) is 5.91 Å². The van der Waals surface area contributed by atoms with Gasteiger partial charge in [-0.25, -0.2) is 0 Å². The number of hydrogen-bond donors (Lipinski definition) is 1. The maximum Gasteiger partial charge on any atom is 0.226 e. The first-order valence-electron chi connectivity index (χ1n) is 7.63. The van der Waals surface area contributed by atoms with Crippen molar-refractivity contribution in [3.63, 3.8) is 0 Å². The van der Waals surface area contributed by atoms with Gasteiger partial charge in [-0.05, 0) is 56.3 Å². The highest BCUT2D eigenvalue weighted by atomic mass is 16.3. The van der Waals surface area contributed by atoms with Crippen molar-refractivity contribution in [1.82, 2.24) is 4.90 Å². The minimum Gasteiger partial charge on any atom is -0.393 e. The lowest BCUT2D eigenvalue weighted by atomic mass is 10.0. The first-order chi connectivity index (χ1) is 8.66. The second-order valence-electron chi connectivity index (χ2n) is 7.09. The number of aliphatic hydroxyl groups is 1. The molecule has 0 aromatic carbocycles. The van der Waals surface area contributed by atoms with Gasteiger partial charge in [0.15, 0.2) is 0 Å². The minimum absolute atomic E-state index is 0.266. The number of fused-ring (bicyclic) bond motifs is 5. The van der Waals surface area contributed by atoms with Crippen molar-refractivity contribution >= 4 is 5.91 Å². The zero-order valence-corrected chi connectivity index (χ0v) is 11.1. The maximum absolute atomic E-state index is 12.6. The summed E-state index contributed by atoms with van der Waals surface area (Å²) in [6.45, 7) is 3.52. The van der Waals surface area contributed by atoms with E-state index in [-0.39, 0.29) is 6.10 Å². The molecule has 4 aliphatic rings. The molecule has 0 aromatic heterocycles. The number of aliphatic hydroxyl groups excluding tert-OH is 1. The third-order valence-corrected chi connectivity index (χ3v) is 6.24. The highest BCUT2D eigenvalue weighted by Crippen LogP contribution is 2.69. The Kier molecular flexibility index (Phi) is 2.33. The summed E-state index contributed by atoms with van der Waals surface area (Å²) in [5, 5.41) is 9.62. The Hall–Kier alpha value is -0.570. The number of likely N-dealkylation sites (tertiary alicyclic amines) is 1. The van der Waals surface area contributed by atoms with E-state index in [2.05, 4.69) is 0 Å². The molecule has 1 aliphatic heterocycles. The lowest BCUT2D eigenvalue weighted by Gasteiger charge is -2.19. The fourth-order valence-corrected chi connectivity index (χ4v) is 5.25. The van der Waals surface area contributed by atoms with Crippen LogP contribution in [-0.2, 0) is 4.79 Å². The smallest absolute Gasteiger partial charge is 0.226 e. The van der Waals surface area contributed by atoms with Crippen molar-refractivity contribution < 1.29 is 9.90 Å². The third-order valence-electron chi connectivity index (χ3n) is 6.24. The molecule has 0 spiro atoms. The van der Waals surface area contributed by atoms with Crippen molar-refractivity contribution in [3.05, 3.63) is 0 Å². The summed E-state index contributed by atoms with van der Waals surface area (Å²) in [4.78, 5) is 14.6. The van der Waals surface area contributed by atoms with Crippen molar-refractivity contribution in [2.24, 2.45) is 35.5 Å². The molecule has 100 valence electrons. The lowest BCUT2D eigenvalue weighted by molar-refractivity contribution is -0.132. The molecule has 4 rings (SSSR count). The Balaban J connectivity index is 1.41. The van der Waals surface area contributed by atoms with Crippen molar-refractivity contribution in [2.75, 3.05) is 13.1 Å². The molecule has 1 amide bonds. The molecule has 6 atom stereocenters. The molecule has 6 unspecified atom stereocenters. The van der Waals surface area contributed by atoms with Crippen LogP contribution in [0.5, 0.6) is 0 Å². The van der Waals surface area contributed by atoms with Crippen molar-refractivity contribution in [2.45, 2.75) is 38.7 Å². The molecule has 3 nitrogen and oxygen atoms in total. The van der Waals surface area contributed by atoms with E-state index in [0.717, 1.165) is 43.2 Å². The summed E-state index contributed by atoms with van der Waals surface area (Å²) in [5.41, 5.74) is 0. The van der Waals surface area contributed by atoms with Gasteiger partial charge < -0.3 is 10.0 Å². The zero-order chi connectivity index (χ0) is 12.4. The first-order valence-corrected chi connectivity index (χ1v) is 7.63. The van der Waals surface area contributed by atoms with E-state index in [0.29, 0.717) is 17.7 Å². The third kappa shape index (κ3) is 1.43. The van der Waals surface area contributed by atoms with Gasteiger partial charge in [0.1, 0.15) is 0 Å². The van der Waals surface area contributed by atoms with E-state index in [4.69, 9.17) is 0 Å². The summed E-state index contributed by atoms with van der Waals surface area (Å²) >= 11 is 0. The Morgan fingerprint density at radius 1 is 1.22 bits per heavy atom. The number of rotatable bonds is 2. The Bertz CT molecular complexity index is 365. The summed E-state index contributed by atoms with van der Waals surface area (Å²) in [5.74, 6) is 4.37.